The van der Waals surface area contributed by atoms with E-state index >= 15 is 0 Å². The Morgan fingerprint density at radius 3 is 2.56 bits per heavy atom. The molecule has 0 bridgehead atoms. The van der Waals surface area contributed by atoms with Gasteiger partial charge < -0.3 is 14.8 Å². The molecule has 0 unspecified atom stereocenters. The van der Waals surface area contributed by atoms with Gasteiger partial charge >= 0.3 is 0 Å². The van der Waals surface area contributed by atoms with Crippen LogP contribution >= 0.6 is 11.6 Å². The maximum atomic E-state index is 6.14. The number of hydrogen-bond acceptors (Lipinski definition) is 4. The van der Waals surface area contributed by atoms with Crippen molar-refractivity contribution in [1.29, 1.82) is 0 Å². The van der Waals surface area contributed by atoms with Crippen molar-refractivity contribution in [2.24, 2.45) is 0 Å². The van der Waals surface area contributed by atoms with Crippen molar-refractivity contribution in [2.45, 2.75) is 13.2 Å². The zero-order chi connectivity index (χ0) is 17.3. The van der Waals surface area contributed by atoms with Gasteiger partial charge in [0.05, 0.1) is 13.2 Å². The summed E-state index contributed by atoms with van der Waals surface area (Å²) in [5, 5.41) is 4.23. The molecule has 4 nitrogen and oxygen atoms in total. The summed E-state index contributed by atoms with van der Waals surface area (Å²) in [5.74, 6) is 0.858. The lowest BCUT2D eigenvalue weighted by Crippen LogP contribution is -2.40. The van der Waals surface area contributed by atoms with Crippen LogP contribution in [0.3, 0.4) is 0 Å². The Bertz CT molecular complexity index is 642. The van der Waals surface area contributed by atoms with Gasteiger partial charge in [-0.25, -0.2) is 0 Å². The third kappa shape index (κ3) is 6.01. The van der Waals surface area contributed by atoms with Crippen LogP contribution in [0, 0.1) is 0 Å². The molecule has 0 saturated carbocycles. The average molecular weight is 361 g/mol. The molecule has 25 heavy (non-hydrogen) atoms. The van der Waals surface area contributed by atoms with Gasteiger partial charge in [-0.3, -0.25) is 4.90 Å². The summed E-state index contributed by atoms with van der Waals surface area (Å²) in [6.07, 6.45) is 0. The van der Waals surface area contributed by atoms with E-state index in [-0.39, 0.29) is 0 Å². The van der Waals surface area contributed by atoms with Gasteiger partial charge in [0.15, 0.2) is 0 Å². The minimum Gasteiger partial charge on any atom is -0.489 e. The summed E-state index contributed by atoms with van der Waals surface area (Å²) in [6, 6.07) is 16.0. The largest absolute Gasteiger partial charge is 0.489 e. The highest BCUT2D eigenvalue weighted by molar-refractivity contribution is 6.31. The van der Waals surface area contributed by atoms with E-state index in [0.717, 1.165) is 62.3 Å². The first-order valence-electron chi connectivity index (χ1n) is 8.77. The van der Waals surface area contributed by atoms with Gasteiger partial charge in [0, 0.05) is 43.3 Å². The quantitative estimate of drug-likeness (QED) is 0.732. The zero-order valence-electron chi connectivity index (χ0n) is 14.4. The Hall–Kier alpha value is -1.59. The topological polar surface area (TPSA) is 33.7 Å². The van der Waals surface area contributed by atoms with Crippen LogP contribution in [-0.4, -0.2) is 44.3 Å². The molecule has 0 spiro atoms. The molecule has 3 rings (SSSR count). The lowest BCUT2D eigenvalue weighted by atomic mass is 10.2. The molecule has 2 aromatic rings. The van der Waals surface area contributed by atoms with Crippen molar-refractivity contribution in [3.63, 3.8) is 0 Å². The molecule has 5 heteroatoms. The van der Waals surface area contributed by atoms with Crippen molar-refractivity contribution in [2.75, 3.05) is 39.4 Å². The van der Waals surface area contributed by atoms with Crippen LogP contribution in [0.4, 0.5) is 0 Å². The second-order valence-corrected chi connectivity index (χ2v) is 6.56. The fourth-order valence-electron chi connectivity index (χ4n) is 2.77. The maximum Gasteiger partial charge on any atom is 0.119 e. The summed E-state index contributed by atoms with van der Waals surface area (Å²) < 4.78 is 11.2. The first-order valence-corrected chi connectivity index (χ1v) is 9.15. The van der Waals surface area contributed by atoms with Crippen molar-refractivity contribution >= 4 is 11.6 Å². The molecule has 1 N–H and O–H groups in total. The Morgan fingerprint density at radius 2 is 1.80 bits per heavy atom. The number of benzene rings is 2. The molecule has 1 heterocycles. The third-order valence-corrected chi connectivity index (χ3v) is 4.68. The van der Waals surface area contributed by atoms with Crippen LogP contribution in [0.25, 0.3) is 0 Å². The molecule has 0 atom stereocenters. The average Bonchev–Trinajstić information content (AvgIpc) is 2.66. The van der Waals surface area contributed by atoms with Gasteiger partial charge in [-0.2, -0.15) is 0 Å². The van der Waals surface area contributed by atoms with E-state index in [9.17, 15) is 0 Å². The lowest BCUT2D eigenvalue weighted by Gasteiger charge is -2.26. The smallest absolute Gasteiger partial charge is 0.119 e. The molecule has 2 aromatic carbocycles. The number of ether oxygens (including phenoxy) is 2. The summed E-state index contributed by atoms with van der Waals surface area (Å²) in [6.45, 7) is 7.21. The molecule has 1 aliphatic heterocycles. The Kier molecular flexibility index (Phi) is 7.12. The number of morpholine rings is 1. The van der Waals surface area contributed by atoms with E-state index in [0.29, 0.717) is 6.61 Å². The second-order valence-electron chi connectivity index (χ2n) is 6.15. The molecule has 134 valence electrons. The Balaban J connectivity index is 1.37. The van der Waals surface area contributed by atoms with Gasteiger partial charge in [-0.1, -0.05) is 41.9 Å². The van der Waals surface area contributed by atoms with Crippen molar-refractivity contribution < 1.29 is 9.47 Å². The van der Waals surface area contributed by atoms with Gasteiger partial charge in [0.25, 0.3) is 0 Å². The summed E-state index contributed by atoms with van der Waals surface area (Å²) in [5.41, 5.74) is 2.25. The van der Waals surface area contributed by atoms with E-state index in [1.807, 2.05) is 36.4 Å². The number of rotatable bonds is 8. The van der Waals surface area contributed by atoms with Crippen LogP contribution in [-0.2, 0) is 17.9 Å². The first kappa shape index (κ1) is 18.2. The van der Waals surface area contributed by atoms with E-state index in [2.05, 4.69) is 22.3 Å². The summed E-state index contributed by atoms with van der Waals surface area (Å²) in [7, 11) is 0. The predicted octanol–water partition coefficient (Wildman–Crippen LogP) is 3.34. The molecule has 1 aliphatic rings. The SMILES string of the molecule is Clc1ccccc1COc1ccc(CNCCN2CCOCC2)cc1. The molecule has 0 radical (unpaired) electrons. The van der Waals surface area contributed by atoms with E-state index < -0.39 is 0 Å². The minimum absolute atomic E-state index is 0.483. The number of hydrogen-bond donors (Lipinski definition) is 1. The Morgan fingerprint density at radius 1 is 1.04 bits per heavy atom. The fourth-order valence-corrected chi connectivity index (χ4v) is 2.97. The minimum atomic E-state index is 0.483. The van der Waals surface area contributed by atoms with Gasteiger partial charge in [-0.05, 0) is 23.8 Å². The molecule has 1 saturated heterocycles. The highest BCUT2D eigenvalue weighted by Gasteiger charge is 2.08. The van der Waals surface area contributed by atoms with Crippen molar-refractivity contribution in [3.05, 3.63) is 64.7 Å². The van der Waals surface area contributed by atoms with E-state index in [1.54, 1.807) is 0 Å². The van der Waals surface area contributed by atoms with Crippen LogP contribution < -0.4 is 10.1 Å². The highest BCUT2D eigenvalue weighted by Crippen LogP contribution is 2.19. The second kappa shape index (κ2) is 9.78. The summed E-state index contributed by atoms with van der Waals surface area (Å²) in [4.78, 5) is 2.43. The standard InChI is InChI=1S/C20H25ClN2O2/c21-20-4-2-1-3-18(20)16-25-19-7-5-17(6-8-19)15-22-9-10-23-11-13-24-14-12-23/h1-8,22H,9-16H2. The maximum absolute atomic E-state index is 6.14. The molecular formula is C20H25ClN2O2. The predicted molar refractivity (Wildman–Crippen MR) is 101 cm³/mol. The van der Waals surface area contributed by atoms with E-state index in [4.69, 9.17) is 21.1 Å². The number of halogens is 1. The summed E-state index contributed by atoms with van der Waals surface area (Å²) >= 11 is 6.14. The lowest BCUT2D eigenvalue weighted by molar-refractivity contribution is 0.0384. The van der Waals surface area contributed by atoms with Gasteiger partial charge in [0.2, 0.25) is 0 Å². The van der Waals surface area contributed by atoms with Crippen LogP contribution in [0.1, 0.15) is 11.1 Å². The molecule has 0 aliphatic carbocycles. The van der Waals surface area contributed by atoms with Gasteiger partial charge in [0.1, 0.15) is 12.4 Å². The number of nitrogens with one attached hydrogen (secondary N) is 1. The van der Waals surface area contributed by atoms with Crippen LogP contribution in [0.5, 0.6) is 5.75 Å². The molecule has 1 fully saturated rings. The molecular weight excluding hydrogens is 336 g/mol. The van der Waals surface area contributed by atoms with Crippen molar-refractivity contribution in [3.8, 4) is 5.75 Å². The van der Waals surface area contributed by atoms with E-state index in [1.165, 1.54) is 5.56 Å². The van der Waals surface area contributed by atoms with Gasteiger partial charge in [-0.15, -0.1) is 0 Å². The van der Waals surface area contributed by atoms with Crippen LogP contribution in [0.15, 0.2) is 48.5 Å². The monoisotopic (exact) mass is 360 g/mol. The third-order valence-electron chi connectivity index (χ3n) is 4.31. The normalized spacial score (nSPS) is 15.2. The molecule has 0 amide bonds. The fraction of sp³-hybridized carbons (Fsp3) is 0.400. The van der Waals surface area contributed by atoms with Crippen molar-refractivity contribution in [1.82, 2.24) is 10.2 Å². The Labute approximate surface area is 154 Å². The zero-order valence-corrected chi connectivity index (χ0v) is 15.2. The first-order chi connectivity index (χ1) is 12.3. The highest BCUT2D eigenvalue weighted by atomic mass is 35.5. The van der Waals surface area contributed by atoms with Crippen LogP contribution in [0.2, 0.25) is 5.02 Å². The number of nitrogens with zero attached hydrogens (tertiary/aromatic N) is 1. The molecule has 0 aromatic heterocycles.